The monoisotopic (exact) mass is 426 g/mol. The van der Waals surface area contributed by atoms with Crippen LogP contribution in [0.25, 0.3) is 0 Å². The number of anilines is 2. The Morgan fingerprint density at radius 3 is 2.53 bits per heavy atom. The summed E-state index contributed by atoms with van der Waals surface area (Å²) < 4.78 is 28.2. The normalized spacial score (nSPS) is 11.2. The maximum Gasteiger partial charge on any atom is 0.293 e. The van der Waals surface area contributed by atoms with Gasteiger partial charge in [-0.1, -0.05) is 23.8 Å². The number of rotatable bonds is 7. The third-order valence-electron chi connectivity index (χ3n) is 4.63. The van der Waals surface area contributed by atoms with Gasteiger partial charge in [-0.25, -0.2) is 8.42 Å². The van der Waals surface area contributed by atoms with Crippen molar-refractivity contribution in [3.05, 3.63) is 87.7 Å². The van der Waals surface area contributed by atoms with Crippen molar-refractivity contribution in [2.45, 2.75) is 25.3 Å². The van der Waals surface area contributed by atoms with Crippen molar-refractivity contribution in [2.75, 3.05) is 16.7 Å². The molecule has 8 nitrogen and oxygen atoms in total. The molecule has 1 N–H and O–H groups in total. The summed E-state index contributed by atoms with van der Waals surface area (Å²) in [6.07, 6.45) is 3.32. The SMILES string of the molecule is Cc1ccc(NS(=O)(=O)c2ccc(N(C)Cc3cccnc3)c([N+](=O)[O-])c2)c(C)c1. The maximum atomic E-state index is 12.8. The number of aromatic nitrogens is 1. The number of hydrogen-bond donors (Lipinski definition) is 1. The van der Waals surface area contributed by atoms with Gasteiger partial charge in [-0.2, -0.15) is 0 Å². The van der Waals surface area contributed by atoms with Crippen LogP contribution >= 0.6 is 0 Å². The summed E-state index contributed by atoms with van der Waals surface area (Å²) >= 11 is 0. The number of pyridine rings is 1. The van der Waals surface area contributed by atoms with Gasteiger partial charge < -0.3 is 4.90 Å². The minimum atomic E-state index is -3.99. The Hall–Kier alpha value is -3.46. The third kappa shape index (κ3) is 4.74. The van der Waals surface area contributed by atoms with Crippen LogP contribution < -0.4 is 9.62 Å². The van der Waals surface area contributed by atoms with E-state index >= 15 is 0 Å². The molecule has 0 radical (unpaired) electrons. The molecule has 0 spiro atoms. The van der Waals surface area contributed by atoms with Crippen molar-refractivity contribution in [1.29, 1.82) is 0 Å². The van der Waals surface area contributed by atoms with Gasteiger partial charge in [-0.3, -0.25) is 19.8 Å². The molecular weight excluding hydrogens is 404 g/mol. The van der Waals surface area contributed by atoms with Gasteiger partial charge in [0.25, 0.3) is 15.7 Å². The second kappa shape index (κ2) is 8.50. The van der Waals surface area contributed by atoms with Gasteiger partial charge in [0.15, 0.2) is 0 Å². The lowest BCUT2D eigenvalue weighted by Crippen LogP contribution is -2.19. The lowest BCUT2D eigenvalue weighted by Gasteiger charge is -2.19. The smallest absolute Gasteiger partial charge is 0.293 e. The molecule has 0 atom stereocenters. The summed E-state index contributed by atoms with van der Waals surface area (Å²) in [5, 5.41) is 11.7. The molecule has 0 fully saturated rings. The van der Waals surface area contributed by atoms with E-state index in [1.54, 1.807) is 49.5 Å². The average Bonchev–Trinajstić information content (AvgIpc) is 2.70. The molecule has 3 rings (SSSR count). The van der Waals surface area contributed by atoms with E-state index in [0.717, 1.165) is 22.8 Å². The molecule has 0 amide bonds. The van der Waals surface area contributed by atoms with Crippen molar-refractivity contribution < 1.29 is 13.3 Å². The van der Waals surface area contributed by atoms with Gasteiger partial charge in [0.05, 0.1) is 15.5 Å². The van der Waals surface area contributed by atoms with Crippen molar-refractivity contribution >= 4 is 27.1 Å². The highest BCUT2D eigenvalue weighted by atomic mass is 32.2. The summed E-state index contributed by atoms with van der Waals surface area (Å²) in [5.74, 6) is 0. The van der Waals surface area contributed by atoms with Crippen molar-refractivity contribution in [1.82, 2.24) is 4.98 Å². The van der Waals surface area contributed by atoms with Gasteiger partial charge in [0.1, 0.15) is 5.69 Å². The molecule has 156 valence electrons. The minimum absolute atomic E-state index is 0.173. The fourth-order valence-electron chi connectivity index (χ4n) is 3.12. The minimum Gasteiger partial charge on any atom is -0.365 e. The van der Waals surface area contributed by atoms with Crippen LogP contribution in [0.4, 0.5) is 17.1 Å². The zero-order valence-electron chi connectivity index (χ0n) is 16.9. The zero-order chi connectivity index (χ0) is 21.9. The molecular formula is C21H22N4O4S. The van der Waals surface area contributed by atoms with Gasteiger partial charge >= 0.3 is 0 Å². The highest BCUT2D eigenvalue weighted by molar-refractivity contribution is 7.92. The molecule has 0 aliphatic carbocycles. The molecule has 0 unspecified atom stereocenters. The first-order chi connectivity index (χ1) is 14.2. The molecule has 0 saturated heterocycles. The van der Waals surface area contributed by atoms with Crippen molar-refractivity contribution in [3.63, 3.8) is 0 Å². The molecule has 1 aromatic heterocycles. The maximum absolute atomic E-state index is 12.8. The number of nitrogens with zero attached hydrogens (tertiary/aromatic N) is 3. The number of hydrogen-bond acceptors (Lipinski definition) is 6. The summed E-state index contributed by atoms with van der Waals surface area (Å²) in [5.41, 5.74) is 3.11. The van der Waals surface area contributed by atoms with Crippen molar-refractivity contribution in [3.8, 4) is 0 Å². The van der Waals surface area contributed by atoms with Gasteiger partial charge in [0, 0.05) is 32.1 Å². The molecule has 0 aliphatic rings. The van der Waals surface area contributed by atoms with Gasteiger partial charge in [-0.15, -0.1) is 0 Å². The van der Waals surface area contributed by atoms with Crippen LogP contribution in [0, 0.1) is 24.0 Å². The van der Waals surface area contributed by atoms with Crippen LogP contribution in [-0.4, -0.2) is 25.4 Å². The Balaban J connectivity index is 1.93. The second-order valence-corrected chi connectivity index (χ2v) is 8.73. The molecule has 1 heterocycles. The largest absolute Gasteiger partial charge is 0.365 e. The Morgan fingerprint density at radius 2 is 1.90 bits per heavy atom. The fraction of sp³-hybridized carbons (Fsp3) is 0.190. The molecule has 0 aliphatic heterocycles. The van der Waals surface area contributed by atoms with E-state index < -0.39 is 14.9 Å². The van der Waals surface area contributed by atoms with Crippen LogP contribution in [0.1, 0.15) is 16.7 Å². The Bertz CT molecular complexity index is 1180. The number of nitro benzene ring substituents is 1. The summed E-state index contributed by atoms with van der Waals surface area (Å²) in [6.45, 7) is 4.10. The van der Waals surface area contributed by atoms with Gasteiger partial charge in [0.2, 0.25) is 0 Å². The van der Waals surface area contributed by atoms with E-state index in [0.29, 0.717) is 17.9 Å². The predicted molar refractivity (Wildman–Crippen MR) is 116 cm³/mol. The van der Waals surface area contributed by atoms with Crippen molar-refractivity contribution in [2.24, 2.45) is 0 Å². The molecule has 2 aromatic carbocycles. The Kier molecular flexibility index (Phi) is 6.02. The van der Waals surface area contributed by atoms with E-state index in [-0.39, 0.29) is 10.6 Å². The number of sulfonamides is 1. The number of benzene rings is 2. The first kappa shape index (κ1) is 21.3. The molecule has 30 heavy (non-hydrogen) atoms. The van der Waals surface area contributed by atoms with Crippen LogP contribution in [0.2, 0.25) is 0 Å². The molecule has 9 heteroatoms. The Labute approximate surface area is 175 Å². The topological polar surface area (TPSA) is 105 Å². The number of nitrogens with one attached hydrogen (secondary N) is 1. The van der Waals surface area contributed by atoms with Crippen LogP contribution in [0.3, 0.4) is 0 Å². The Morgan fingerprint density at radius 1 is 1.13 bits per heavy atom. The average molecular weight is 426 g/mol. The first-order valence-electron chi connectivity index (χ1n) is 9.16. The highest BCUT2D eigenvalue weighted by Crippen LogP contribution is 2.32. The van der Waals surface area contributed by atoms with Gasteiger partial charge in [-0.05, 0) is 49.2 Å². The zero-order valence-corrected chi connectivity index (χ0v) is 17.7. The highest BCUT2D eigenvalue weighted by Gasteiger charge is 2.24. The van der Waals surface area contributed by atoms with Crippen LogP contribution in [0.5, 0.6) is 0 Å². The third-order valence-corrected chi connectivity index (χ3v) is 6.00. The molecule has 0 saturated carbocycles. The second-order valence-electron chi connectivity index (χ2n) is 7.05. The van der Waals surface area contributed by atoms with Crippen LogP contribution in [0.15, 0.2) is 65.8 Å². The summed E-state index contributed by atoms with van der Waals surface area (Å²) in [6, 6.07) is 12.9. The van der Waals surface area contributed by atoms with E-state index in [2.05, 4.69) is 9.71 Å². The van der Waals surface area contributed by atoms with E-state index in [1.807, 2.05) is 19.1 Å². The standard InChI is InChI=1S/C21H22N4O4S/c1-15-6-8-19(16(2)11-15)23-30(28,29)18-7-9-20(21(12-18)25(26)27)24(3)14-17-5-4-10-22-13-17/h4-13,23H,14H2,1-3H3. The molecule has 3 aromatic rings. The van der Waals surface area contributed by atoms with E-state index in [9.17, 15) is 18.5 Å². The van der Waals surface area contributed by atoms with Crippen LogP contribution in [-0.2, 0) is 16.6 Å². The van der Waals surface area contributed by atoms with E-state index in [1.165, 1.54) is 12.1 Å². The predicted octanol–water partition coefficient (Wildman–Crippen LogP) is 4.04. The summed E-state index contributed by atoms with van der Waals surface area (Å²) in [4.78, 5) is 16.6. The first-order valence-corrected chi connectivity index (χ1v) is 10.6. The van der Waals surface area contributed by atoms with E-state index in [4.69, 9.17) is 0 Å². The fourth-order valence-corrected chi connectivity index (χ4v) is 4.27. The number of aryl methyl sites for hydroxylation is 2. The quantitative estimate of drug-likeness (QED) is 0.451. The lowest BCUT2D eigenvalue weighted by molar-refractivity contribution is -0.384. The number of nitro groups is 1. The summed E-state index contributed by atoms with van der Waals surface area (Å²) in [7, 11) is -2.28. The lowest BCUT2D eigenvalue weighted by atomic mass is 10.1. The molecule has 0 bridgehead atoms.